The third-order valence-corrected chi connectivity index (χ3v) is 4.77. The number of halogens is 1. The van der Waals surface area contributed by atoms with E-state index < -0.39 is 17.1 Å². The topological polar surface area (TPSA) is 99.5 Å². The Labute approximate surface area is 169 Å². The zero-order valence-electron chi connectivity index (χ0n) is 15.6. The Bertz CT molecular complexity index is 1200. The van der Waals surface area contributed by atoms with Gasteiger partial charge >= 0.3 is 5.69 Å². The maximum Gasteiger partial charge on any atom is 0.335 e. The number of nitrogens with zero attached hydrogens (tertiary/aromatic N) is 2. The van der Waals surface area contributed by atoms with Crippen molar-refractivity contribution in [2.45, 2.75) is 20.8 Å². The monoisotopic (exact) mass is 442 g/mol. The Morgan fingerprint density at radius 1 is 1.11 bits per heavy atom. The second-order valence-corrected chi connectivity index (χ2v) is 7.37. The summed E-state index contributed by atoms with van der Waals surface area (Å²) in [5.41, 5.74) is 5.26. The van der Waals surface area contributed by atoms with E-state index >= 15 is 0 Å². The molecule has 0 aliphatic rings. The molecule has 0 aliphatic carbocycles. The van der Waals surface area contributed by atoms with Gasteiger partial charge in [0.25, 0.3) is 5.56 Å². The molecule has 0 fully saturated rings. The standard InChI is InChI=1S/C20H19BrN4O3/c1-11-4-7-17(13(3)8-11)25-19(27)15(18(26)23-20(25)28)10-22-24-16-6-5-14(21)9-12(16)2/h4-10,24,27H,1-3H3,(H,23,26,28). The van der Waals surface area contributed by atoms with Crippen LogP contribution in [0.2, 0.25) is 0 Å². The van der Waals surface area contributed by atoms with Gasteiger partial charge in [0, 0.05) is 4.47 Å². The molecule has 0 bridgehead atoms. The van der Waals surface area contributed by atoms with Crippen LogP contribution in [0.5, 0.6) is 5.88 Å². The molecule has 8 heteroatoms. The first kappa shape index (κ1) is 19.6. The Kier molecular flexibility index (Phi) is 5.51. The molecule has 0 atom stereocenters. The summed E-state index contributed by atoms with van der Waals surface area (Å²) in [5.74, 6) is -0.473. The molecule has 0 saturated heterocycles. The minimum Gasteiger partial charge on any atom is -0.493 e. The van der Waals surface area contributed by atoms with Crippen LogP contribution in [0.25, 0.3) is 5.69 Å². The minimum absolute atomic E-state index is 0.123. The molecule has 0 saturated carbocycles. The predicted octanol–water partition coefficient (Wildman–Crippen LogP) is 3.37. The molecule has 0 amide bonds. The normalized spacial score (nSPS) is 11.1. The fourth-order valence-corrected chi connectivity index (χ4v) is 3.33. The average molecular weight is 443 g/mol. The molecule has 7 nitrogen and oxygen atoms in total. The Balaban J connectivity index is 2.02. The van der Waals surface area contributed by atoms with Crippen LogP contribution < -0.4 is 16.7 Å². The van der Waals surface area contributed by atoms with E-state index in [1.807, 2.05) is 51.1 Å². The molecule has 3 N–H and O–H groups in total. The van der Waals surface area contributed by atoms with Gasteiger partial charge in [0.2, 0.25) is 5.88 Å². The number of nitrogens with one attached hydrogen (secondary N) is 2. The van der Waals surface area contributed by atoms with Crippen LogP contribution in [-0.4, -0.2) is 20.9 Å². The van der Waals surface area contributed by atoms with Gasteiger partial charge in [-0.25, -0.2) is 9.36 Å². The van der Waals surface area contributed by atoms with Crippen molar-refractivity contribution in [3.63, 3.8) is 0 Å². The van der Waals surface area contributed by atoms with Crippen LogP contribution in [0, 0.1) is 20.8 Å². The lowest BCUT2D eigenvalue weighted by Gasteiger charge is -2.12. The highest BCUT2D eigenvalue weighted by Crippen LogP contribution is 2.21. The van der Waals surface area contributed by atoms with Crippen molar-refractivity contribution in [2.75, 3.05) is 5.43 Å². The molecular formula is C20H19BrN4O3. The van der Waals surface area contributed by atoms with Gasteiger partial charge in [0.05, 0.1) is 17.6 Å². The molecule has 0 radical (unpaired) electrons. The minimum atomic E-state index is -0.721. The highest BCUT2D eigenvalue weighted by Gasteiger charge is 2.15. The van der Waals surface area contributed by atoms with Gasteiger partial charge in [-0.1, -0.05) is 33.6 Å². The van der Waals surface area contributed by atoms with E-state index in [0.29, 0.717) is 5.69 Å². The second kappa shape index (κ2) is 7.85. The summed E-state index contributed by atoms with van der Waals surface area (Å²) in [4.78, 5) is 26.7. The third-order valence-electron chi connectivity index (χ3n) is 4.28. The molecule has 1 aromatic heterocycles. The van der Waals surface area contributed by atoms with Gasteiger partial charge < -0.3 is 5.11 Å². The SMILES string of the molecule is Cc1ccc(-n2c(O)c(C=NNc3ccc(Br)cc3C)c(=O)[nH]c2=O)c(C)c1. The van der Waals surface area contributed by atoms with Crippen molar-refractivity contribution in [1.82, 2.24) is 9.55 Å². The Morgan fingerprint density at radius 3 is 2.54 bits per heavy atom. The zero-order valence-corrected chi connectivity index (χ0v) is 17.2. The van der Waals surface area contributed by atoms with Crippen molar-refractivity contribution in [2.24, 2.45) is 5.10 Å². The van der Waals surface area contributed by atoms with Crippen LogP contribution in [0.4, 0.5) is 5.69 Å². The predicted molar refractivity (Wildman–Crippen MR) is 114 cm³/mol. The van der Waals surface area contributed by atoms with Crippen molar-refractivity contribution in [3.05, 3.63) is 84.0 Å². The molecule has 28 heavy (non-hydrogen) atoms. The average Bonchev–Trinajstić information content (AvgIpc) is 2.61. The molecule has 144 valence electrons. The molecule has 0 unspecified atom stereocenters. The van der Waals surface area contributed by atoms with Gasteiger partial charge in [0.1, 0.15) is 5.56 Å². The van der Waals surface area contributed by atoms with E-state index in [1.165, 1.54) is 6.21 Å². The lowest BCUT2D eigenvalue weighted by atomic mass is 10.1. The van der Waals surface area contributed by atoms with E-state index in [1.54, 1.807) is 6.07 Å². The highest BCUT2D eigenvalue weighted by atomic mass is 79.9. The number of aryl methyl sites for hydroxylation is 3. The smallest absolute Gasteiger partial charge is 0.335 e. The number of H-pyrrole nitrogens is 1. The van der Waals surface area contributed by atoms with Gasteiger partial charge in [-0.05, 0) is 56.2 Å². The molecule has 3 rings (SSSR count). The fraction of sp³-hybridized carbons (Fsp3) is 0.150. The van der Waals surface area contributed by atoms with Crippen LogP contribution in [0.1, 0.15) is 22.3 Å². The van der Waals surface area contributed by atoms with Gasteiger partial charge in [-0.15, -0.1) is 0 Å². The lowest BCUT2D eigenvalue weighted by Crippen LogP contribution is -2.31. The quantitative estimate of drug-likeness (QED) is 0.425. The number of hydrogen-bond donors (Lipinski definition) is 3. The Morgan fingerprint density at radius 2 is 1.86 bits per heavy atom. The number of benzene rings is 2. The summed E-state index contributed by atoms with van der Waals surface area (Å²) in [6, 6.07) is 11.0. The number of aromatic hydroxyl groups is 1. The van der Waals surface area contributed by atoms with E-state index in [4.69, 9.17) is 0 Å². The first-order valence-electron chi connectivity index (χ1n) is 8.49. The van der Waals surface area contributed by atoms with E-state index in [-0.39, 0.29) is 5.56 Å². The Hall–Kier alpha value is -3.13. The summed E-state index contributed by atoms with van der Waals surface area (Å²) < 4.78 is 2.00. The van der Waals surface area contributed by atoms with Crippen molar-refractivity contribution >= 4 is 27.8 Å². The fourth-order valence-electron chi connectivity index (χ4n) is 2.85. The van der Waals surface area contributed by atoms with Crippen LogP contribution in [-0.2, 0) is 0 Å². The largest absolute Gasteiger partial charge is 0.493 e. The summed E-state index contributed by atoms with van der Waals surface area (Å²) >= 11 is 3.39. The number of rotatable bonds is 4. The third kappa shape index (κ3) is 3.91. The first-order valence-corrected chi connectivity index (χ1v) is 9.28. The number of aromatic nitrogens is 2. The highest BCUT2D eigenvalue weighted by molar-refractivity contribution is 9.10. The molecular weight excluding hydrogens is 424 g/mol. The first-order chi connectivity index (χ1) is 13.3. The van der Waals surface area contributed by atoms with E-state index in [2.05, 4.69) is 31.4 Å². The summed E-state index contributed by atoms with van der Waals surface area (Å²) in [6.07, 6.45) is 1.19. The molecule has 0 spiro atoms. The van der Waals surface area contributed by atoms with E-state index in [0.717, 1.165) is 31.4 Å². The summed E-state index contributed by atoms with van der Waals surface area (Å²) in [7, 11) is 0. The van der Waals surface area contributed by atoms with Gasteiger partial charge in [0.15, 0.2) is 0 Å². The van der Waals surface area contributed by atoms with Gasteiger partial charge in [-0.3, -0.25) is 15.2 Å². The maximum absolute atomic E-state index is 12.3. The van der Waals surface area contributed by atoms with Crippen LogP contribution >= 0.6 is 15.9 Å². The van der Waals surface area contributed by atoms with Crippen molar-refractivity contribution in [3.8, 4) is 11.6 Å². The number of aromatic amines is 1. The van der Waals surface area contributed by atoms with E-state index in [9.17, 15) is 14.7 Å². The van der Waals surface area contributed by atoms with Crippen molar-refractivity contribution < 1.29 is 5.11 Å². The molecule has 1 heterocycles. The van der Waals surface area contributed by atoms with Crippen molar-refractivity contribution in [1.29, 1.82) is 0 Å². The second-order valence-electron chi connectivity index (χ2n) is 6.45. The summed E-state index contributed by atoms with van der Waals surface area (Å²) in [5, 5.41) is 14.6. The zero-order chi connectivity index (χ0) is 20.4. The molecule has 0 aliphatic heterocycles. The number of hydrazone groups is 1. The number of anilines is 1. The van der Waals surface area contributed by atoms with Crippen LogP contribution in [0.15, 0.2) is 55.6 Å². The maximum atomic E-state index is 12.3. The summed E-state index contributed by atoms with van der Waals surface area (Å²) in [6.45, 7) is 5.67. The molecule has 3 aromatic rings. The van der Waals surface area contributed by atoms with Crippen LogP contribution in [0.3, 0.4) is 0 Å². The number of hydrogen-bond acceptors (Lipinski definition) is 5. The van der Waals surface area contributed by atoms with Gasteiger partial charge in [-0.2, -0.15) is 5.10 Å². The molecule has 2 aromatic carbocycles. The lowest BCUT2D eigenvalue weighted by molar-refractivity contribution is 0.430.